The third-order valence-electron chi connectivity index (χ3n) is 7.36. The molecular formula is C24H35N3O2. The van der Waals surface area contributed by atoms with Gasteiger partial charge in [0.2, 0.25) is 11.8 Å². The number of para-hydroxylation sites is 1. The number of nitrogens with two attached hydrogens (primary N) is 1. The van der Waals surface area contributed by atoms with Gasteiger partial charge in [0.25, 0.3) is 0 Å². The van der Waals surface area contributed by atoms with Crippen LogP contribution in [-0.4, -0.2) is 41.9 Å². The summed E-state index contributed by atoms with van der Waals surface area (Å²) < 4.78 is 0. The molecule has 0 aromatic heterocycles. The number of piperidine rings is 1. The summed E-state index contributed by atoms with van der Waals surface area (Å²) in [5.74, 6) is 0.342. The number of fused-ring (bicyclic) bond motifs is 1. The molecule has 2 amide bonds. The fourth-order valence-electron chi connectivity index (χ4n) is 5.68. The number of rotatable bonds is 3. The molecule has 0 spiro atoms. The topological polar surface area (TPSA) is 66.6 Å². The molecule has 1 saturated carbocycles. The second-order valence-electron chi connectivity index (χ2n) is 9.43. The molecule has 1 aromatic rings. The largest absolute Gasteiger partial charge is 0.342 e. The smallest absolute Gasteiger partial charge is 0.231 e. The van der Waals surface area contributed by atoms with Gasteiger partial charge in [0.15, 0.2) is 0 Å². The van der Waals surface area contributed by atoms with E-state index in [-0.39, 0.29) is 35.7 Å². The standard InChI is InChI=1S/C24H35N3O2/c1-16-14-18-8-3-6-12-22(18)27(16)24(29)21-11-5-4-10-20(21)23(28)26-13-7-9-19(15-26)17(2)25/h3,6,8,12,16-17,19-21H,4-5,7,9-11,13-15,25H2,1-2H3. The highest BCUT2D eigenvalue weighted by Crippen LogP contribution is 2.39. The van der Waals surface area contributed by atoms with Crippen molar-refractivity contribution in [3.63, 3.8) is 0 Å². The van der Waals surface area contributed by atoms with Crippen molar-refractivity contribution in [2.75, 3.05) is 18.0 Å². The van der Waals surface area contributed by atoms with Crippen LogP contribution < -0.4 is 10.6 Å². The molecule has 2 fully saturated rings. The molecule has 158 valence electrons. The van der Waals surface area contributed by atoms with Crippen molar-refractivity contribution in [1.29, 1.82) is 0 Å². The highest BCUT2D eigenvalue weighted by atomic mass is 16.2. The van der Waals surface area contributed by atoms with Gasteiger partial charge < -0.3 is 15.5 Å². The number of nitrogens with zero attached hydrogens (tertiary/aromatic N) is 2. The SMILES string of the molecule is CC(N)C1CCCN(C(=O)C2CCCCC2C(=O)N2c3ccccc3CC2C)C1. The summed E-state index contributed by atoms with van der Waals surface area (Å²) in [6, 6.07) is 8.48. The number of hydrogen-bond acceptors (Lipinski definition) is 3. The number of carbonyl (C=O) groups is 2. The molecule has 1 aromatic carbocycles. The van der Waals surface area contributed by atoms with Gasteiger partial charge in [-0.1, -0.05) is 31.0 Å². The van der Waals surface area contributed by atoms with E-state index in [1.807, 2.05) is 34.9 Å². The lowest BCUT2D eigenvalue weighted by atomic mass is 9.77. The van der Waals surface area contributed by atoms with Gasteiger partial charge in [-0.15, -0.1) is 0 Å². The van der Waals surface area contributed by atoms with E-state index in [0.717, 1.165) is 63.7 Å². The van der Waals surface area contributed by atoms with Gasteiger partial charge in [0.05, 0.1) is 5.92 Å². The first-order valence-electron chi connectivity index (χ1n) is 11.4. The predicted octanol–water partition coefficient (Wildman–Crippen LogP) is 3.36. The van der Waals surface area contributed by atoms with Gasteiger partial charge in [0.1, 0.15) is 0 Å². The summed E-state index contributed by atoms with van der Waals surface area (Å²) in [5.41, 5.74) is 8.41. The van der Waals surface area contributed by atoms with E-state index in [2.05, 4.69) is 13.0 Å². The van der Waals surface area contributed by atoms with Crippen LogP contribution in [0.2, 0.25) is 0 Å². The van der Waals surface area contributed by atoms with Gasteiger partial charge >= 0.3 is 0 Å². The van der Waals surface area contributed by atoms with Gasteiger partial charge in [-0.2, -0.15) is 0 Å². The van der Waals surface area contributed by atoms with Crippen molar-refractivity contribution < 1.29 is 9.59 Å². The third-order valence-corrected chi connectivity index (χ3v) is 7.36. The predicted molar refractivity (Wildman–Crippen MR) is 115 cm³/mol. The van der Waals surface area contributed by atoms with Crippen molar-refractivity contribution in [3.05, 3.63) is 29.8 Å². The molecule has 1 saturated heterocycles. The van der Waals surface area contributed by atoms with Gasteiger partial charge in [-0.25, -0.2) is 0 Å². The average molecular weight is 398 g/mol. The lowest BCUT2D eigenvalue weighted by molar-refractivity contribution is -0.144. The molecule has 4 rings (SSSR count). The van der Waals surface area contributed by atoms with Crippen molar-refractivity contribution in [1.82, 2.24) is 4.90 Å². The minimum atomic E-state index is -0.194. The van der Waals surface area contributed by atoms with Crippen LogP contribution in [0.4, 0.5) is 5.69 Å². The van der Waals surface area contributed by atoms with Crippen molar-refractivity contribution in [2.45, 2.75) is 70.9 Å². The molecule has 2 heterocycles. The first kappa shape index (κ1) is 20.4. The lowest BCUT2D eigenvalue weighted by Crippen LogP contribution is -2.51. The molecule has 3 aliphatic rings. The Morgan fingerprint density at radius 3 is 2.45 bits per heavy atom. The lowest BCUT2D eigenvalue weighted by Gasteiger charge is -2.40. The van der Waals surface area contributed by atoms with Gasteiger partial charge in [-0.3, -0.25) is 9.59 Å². The fraction of sp³-hybridized carbons (Fsp3) is 0.667. The molecule has 5 nitrogen and oxygen atoms in total. The minimum absolute atomic E-state index is 0.108. The molecular weight excluding hydrogens is 362 g/mol. The maximum Gasteiger partial charge on any atom is 0.231 e. The Balaban J connectivity index is 1.53. The fourth-order valence-corrected chi connectivity index (χ4v) is 5.68. The summed E-state index contributed by atoms with van der Waals surface area (Å²) in [7, 11) is 0. The summed E-state index contributed by atoms with van der Waals surface area (Å²) in [4.78, 5) is 31.2. The van der Waals surface area contributed by atoms with Crippen molar-refractivity contribution in [2.24, 2.45) is 23.5 Å². The number of likely N-dealkylation sites (tertiary alicyclic amines) is 1. The molecule has 5 atom stereocenters. The molecule has 29 heavy (non-hydrogen) atoms. The summed E-state index contributed by atoms with van der Waals surface area (Å²) in [6.45, 7) is 5.71. The summed E-state index contributed by atoms with van der Waals surface area (Å²) in [5, 5.41) is 0. The minimum Gasteiger partial charge on any atom is -0.342 e. The Morgan fingerprint density at radius 2 is 1.72 bits per heavy atom. The first-order chi connectivity index (χ1) is 14.0. The Kier molecular flexibility index (Phi) is 5.95. The van der Waals surface area contributed by atoms with Crippen LogP contribution in [0.5, 0.6) is 0 Å². The zero-order chi connectivity index (χ0) is 20.5. The van der Waals surface area contributed by atoms with Gasteiger partial charge in [0, 0.05) is 36.8 Å². The van der Waals surface area contributed by atoms with Crippen molar-refractivity contribution >= 4 is 17.5 Å². The number of amides is 2. The zero-order valence-electron chi connectivity index (χ0n) is 17.8. The molecule has 1 aliphatic carbocycles. The Labute approximate surface area is 174 Å². The Hall–Kier alpha value is -1.88. The van der Waals surface area contributed by atoms with Crippen LogP contribution in [0.3, 0.4) is 0 Å². The Bertz CT molecular complexity index is 762. The van der Waals surface area contributed by atoms with Gasteiger partial charge in [-0.05, 0) is 63.5 Å². The third kappa shape index (κ3) is 3.94. The van der Waals surface area contributed by atoms with Crippen LogP contribution in [0.15, 0.2) is 24.3 Å². The summed E-state index contributed by atoms with van der Waals surface area (Å²) in [6.07, 6.45) is 6.73. The number of benzene rings is 1. The molecule has 0 radical (unpaired) electrons. The van der Waals surface area contributed by atoms with E-state index in [1.165, 1.54) is 5.56 Å². The Morgan fingerprint density at radius 1 is 1.03 bits per heavy atom. The maximum atomic E-state index is 13.7. The van der Waals surface area contributed by atoms with Crippen LogP contribution >= 0.6 is 0 Å². The number of hydrogen-bond donors (Lipinski definition) is 1. The highest BCUT2D eigenvalue weighted by Gasteiger charge is 2.43. The first-order valence-corrected chi connectivity index (χ1v) is 11.4. The van der Waals surface area contributed by atoms with Crippen LogP contribution in [-0.2, 0) is 16.0 Å². The number of anilines is 1. The molecule has 2 aliphatic heterocycles. The second-order valence-corrected chi connectivity index (χ2v) is 9.43. The van der Waals surface area contributed by atoms with Crippen LogP contribution in [0.25, 0.3) is 0 Å². The van der Waals surface area contributed by atoms with E-state index in [1.54, 1.807) is 0 Å². The molecule has 5 unspecified atom stereocenters. The molecule has 2 N–H and O–H groups in total. The average Bonchev–Trinajstić information content (AvgIpc) is 3.08. The normalized spacial score (nSPS) is 30.7. The van der Waals surface area contributed by atoms with E-state index in [4.69, 9.17) is 5.73 Å². The maximum absolute atomic E-state index is 13.7. The van der Waals surface area contributed by atoms with E-state index < -0.39 is 0 Å². The highest BCUT2D eigenvalue weighted by molar-refractivity contribution is 6.00. The monoisotopic (exact) mass is 397 g/mol. The zero-order valence-corrected chi connectivity index (χ0v) is 17.8. The van der Waals surface area contributed by atoms with Crippen molar-refractivity contribution in [3.8, 4) is 0 Å². The quantitative estimate of drug-likeness (QED) is 0.850. The van der Waals surface area contributed by atoms with Crippen LogP contribution in [0, 0.1) is 17.8 Å². The van der Waals surface area contributed by atoms with Crippen LogP contribution in [0.1, 0.15) is 57.9 Å². The van der Waals surface area contributed by atoms with E-state index in [9.17, 15) is 9.59 Å². The molecule has 0 bridgehead atoms. The second kappa shape index (κ2) is 8.47. The summed E-state index contributed by atoms with van der Waals surface area (Å²) >= 11 is 0. The van der Waals surface area contributed by atoms with E-state index >= 15 is 0 Å². The number of carbonyl (C=O) groups excluding carboxylic acids is 2. The molecule has 5 heteroatoms. The van der Waals surface area contributed by atoms with E-state index in [0.29, 0.717) is 5.92 Å².